The van der Waals surface area contributed by atoms with Crippen LogP contribution in [0.1, 0.15) is 77.1 Å². The van der Waals surface area contributed by atoms with Gasteiger partial charge in [0.1, 0.15) is 23.7 Å². The van der Waals surface area contributed by atoms with Crippen molar-refractivity contribution in [3.63, 3.8) is 0 Å². The molecule has 2 aliphatic rings. The molecule has 0 spiro atoms. The number of nitrogens with one attached hydrogen (secondary N) is 4. The number of carbonyl (C=O) groups excluding carboxylic acids is 4. The summed E-state index contributed by atoms with van der Waals surface area (Å²) in [7, 11) is 2.58. The molecular weight excluding hydrogens is 739 g/mol. The summed E-state index contributed by atoms with van der Waals surface area (Å²) < 4.78 is 9.52. The molecule has 15 nitrogen and oxygen atoms in total. The van der Waals surface area contributed by atoms with Crippen LogP contribution in [0.25, 0.3) is 44.5 Å². The fraction of sp³-hybridized carbons (Fsp3) is 0.419. The molecule has 5 heterocycles. The summed E-state index contributed by atoms with van der Waals surface area (Å²) >= 11 is 0. The van der Waals surface area contributed by atoms with Gasteiger partial charge in [-0.05, 0) is 60.8 Å². The van der Waals surface area contributed by atoms with Crippen LogP contribution in [-0.4, -0.2) is 98.1 Å². The molecule has 58 heavy (non-hydrogen) atoms. The quantitative estimate of drug-likeness (QED) is 0.112. The van der Waals surface area contributed by atoms with Gasteiger partial charge in [0.15, 0.2) is 0 Å². The van der Waals surface area contributed by atoms with Gasteiger partial charge in [0.05, 0.1) is 55.6 Å². The second kappa shape index (κ2) is 17.1. The third-order valence-electron chi connectivity index (χ3n) is 11.2. The number of alkyl carbamates (subject to hydrolysis) is 2. The number of imidazole rings is 2. The number of likely N-dealkylation sites (tertiary alicyclic amines) is 2. The molecule has 4 atom stereocenters. The van der Waals surface area contributed by atoms with E-state index in [1.165, 1.54) is 14.2 Å². The van der Waals surface area contributed by atoms with Gasteiger partial charge in [-0.1, -0.05) is 64.1 Å². The third-order valence-corrected chi connectivity index (χ3v) is 11.2. The van der Waals surface area contributed by atoms with Crippen LogP contribution >= 0.6 is 0 Å². The number of hydrogen-bond acceptors (Lipinski definition) is 9. The highest BCUT2D eigenvalue weighted by atomic mass is 16.5. The first-order chi connectivity index (χ1) is 27.9. The predicted octanol–water partition coefficient (Wildman–Crippen LogP) is 6.77. The van der Waals surface area contributed by atoms with E-state index in [4.69, 9.17) is 14.5 Å². The van der Waals surface area contributed by atoms with Crippen molar-refractivity contribution >= 4 is 34.9 Å². The van der Waals surface area contributed by atoms with Crippen molar-refractivity contribution in [3.8, 4) is 33.6 Å². The molecule has 3 aromatic heterocycles. The van der Waals surface area contributed by atoms with Gasteiger partial charge in [-0.15, -0.1) is 0 Å². The second-order valence-electron chi connectivity index (χ2n) is 15.7. The summed E-state index contributed by atoms with van der Waals surface area (Å²) in [5.74, 6) is 0.914. The standard InChI is InChI=1S/C43H51N9O6/c1-24(2)36(49-42(55)57-5)40(53)51-17-7-9-34(51)38-45-22-32(47-38)27-13-11-26(12-14-27)30-19-28-15-16-29(20-31(28)44-21-30)33-23-46-39(48-33)35-10-8-18-52(35)41(54)37(25(3)4)50-43(56)58-6/h11-16,19-25,34-37H,7-10,17-18H2,1-6H3,(H,45,47)(H,46,48)(H,49,55)(H,50,56)/t34-,35+,36-,37+/m1/s1. The van der Waals surface area contributed by atoms with Crippen LogP contribution in [0.5, 0.6) is 0 Å². The van der Waals surface area contributed by atoms with E-state index in [1.807, 2.05) is 64.2 Å². The summed E-state index contributed by atoms with van der Waals surface area (Å²) in [5.41, 5.74) is 6.41. The van der Waals surface area contributed by atoms with Crippen LogP contribution in [0.3, 0.4) is 0 Å². The summed E-state index contributed by atoms with van der Waals surface area (Å²) in [4.78, 5) is 75.7. The van der Waals surface area contributed by atoms with Crippen LogP contribution in [0.2, 0.25) is 0 Å². The van der Waals surface area contributed by atoms with Crippen molar-refractivity contribution in [1.82, 2.24) is 45.4 Å². The lowest BCUT2D eigenvalue weighted by Gasteiger charge is -2.30. The second-order valence-corrected chi connectivity index (χ2v) is 15.7. The lowest BCUT2D eigenvalue weighted by Crippen LogP contribution is -2.51. The number of benzene rings is 2. The Balaban J connectivity index is 1.02. The van der Waals surface area contributed by atoms with Crippen molar-refractivity contribution < 1.29 is 28.7 Å². The van der Waals surface area contributed by atoms with Crippen molar-refractivity contribution in [2.45, 2.75) is 77.5 Å². The average molecular weight is 790 g/mol. The monoisotopic (exact) mass is 789 g/mol. The van der Waals surface area contributed by atoms with Crippen LogP contribution in [0, 0.1) is 11.8 Å². The maximum absolute atomic E-state index is 13.6. The van der Waals surface area contributed by atoms with Crippen molar-refractivity contribution in [3.05, 3.63) is 78.8 Å². The highest BCUT2D eigenvalue weighted by Crippen LogP contribution is 2.35. The number of rotatable bonds is 11. The number of pyridine rings is 1. The molecule has 2 aliphatic heterocycles. The van der Waals surface area contributed by atoms with Crippen molar-refractivity contribution in [1.29, 1.82) is 0 Å². The number of fused-ring (bicyclic) bond motifs is 1. The first-order valence-corrected chi connectivity index (χ1v) is 19.9. The van der Waals surface area contributed by atoms with Gasteiger partial charge in [0.2, 0.25) is 11.8 Å². The van der Waals surface area contributed by atoms with E-state index in [0.29, 0.717) is 18.9 Å². The Morgan fingerprint density at radius 2 is 1.12 bits per heavy atom. The molecule has 7 rings (SSSR count). The zero-order chi connectivity index (χ0) is 41.1. The fourth-order valence-corrected chi connectivity index (χ4v) is 7.98. The molecule has 4 N–H and O–H groups in total. The topological polar surface area (TPSA) is 188 Å². The summed E-state index contributed by atoms with van der Waals surface area (Å²) in [6, 6.07) is 14.6. The van der Waals surface area contributed by atoms with E-state index in [1.54, 1.807) is 22.2 Å². The molecule has 304 valence electrons. The largest absolute Gasteiger partial charge is 0.453 e. The highest BCUT2D eigenvalue weighted by Gasteiger charge is 2.39. The average Bonchev–Trinajstić information content (AvgIpc) is 4.07. The van der Waals surface area contributed by atoms with Gasteiger partial charge in [-0.25, -0.2) is 19.6 Å². The lowest BCUT2D eigenvalue weighted by molar-refractivity contribution is -0.136. The molecule has 15 heteroatoms. The predicted molar refractivity (Wildman–Crippen MR) is 218 cm³/mol. The molecule has 0 saturated carbocycles. The Hall–Kier alpha value is -6.25. The molecule has 2 fully saturated rings. The number of hydrogen-bond donors (Lipinski definition) is 4. The molecule has 4 amide bonds. The normalized spacial score (nSPS) is 17.8. The molecule has 2 saturated heterocycles. The number of aromatic nitrogens is 5. The van der Waals surface area contributed by atoms with Crippen molar-refractivity contribution in [2.75, 3.05) is 27.3 Å². The number of nitrogens with zero attached hydrogens (tertiary/aromatic N) is 5. The molecule has 2 aromatic carbocycles. The number of methoxy groups -OCH3 is 2. The SMILES string of the molecule is COC(=O)N[C@H](C(=O)N1CCC[C@H]1c1ncc(-c2ccc3cc(-c4ccc(-c5cnc([C@H]6CCCN6C(=O)[C@H](NC(=O)OC)C(C)C)[nH]5)cc4)cnc3c2)[nH]1)C(C)C. The minimum Gasteiger partial charge on any atom is -0.453 e. The van der Waals surface area contributed by atoms with Gasteiger partial charge in [0, 0.05) is 35.8 Å². The lowest BCUT2D eigenvalue weighted by atomic mass is 10.0. The summed E-state index contributed by atoms with van der Waals surface area (Å²) in [6.07, 6.45) is 7.43. The van der Waals surface area contributed by atoms with Crippen LogP contribution < -0.4 is 10.6 Å². The number of H-pyrrole nitrogens is 2. The highest BCUT2D eigenvalue weighted by molar-refractivity contribution is 5.88. The van der Waals surface area contributed by atoms with E-state index in [-0.39, 0.29) is 35.7 Å². The van der Waals surface area contributed by atoms with E-state index >= 15 is 0 Å². The Labute approximate surface area is 337 Å². The molecule has 5 aromatic rings. The van der Waals surface area contributed by atoms with E-state index in [9.17, 15) is 19.2 Å². The van der Waals surface area contributed by atoms with Gasteiger partial charge in [-0.3, -0.25) is 14.6 Å². The zero-order valence-corrected chi connectivity index (χ0v) is 33.7. The van der Waals surface area contributed by atoms with Crippen molar-refractivity contribution in [2.24, 2.45) is 11.8 Å². The summed E-state index contributed by atoms with van der Waals surface area (Å²) in [6.45, 7) is 8.77. The van der Waals surface area contributed by atoms with E-state index < -0.39 is 24.3 Å². The maximum atomic E-state index is 13.6. The molecule has 0 aliphatic carbocycles. The Morgan fingerprint density at radius 1 is 0.638 bits per heavy atom. The Morgan fingerprint density at radius 3 is 1.62 bits per heavy atom. The van der Waals surface area contributed by atoms with Gasteiger partial charge in [-0.2, -0.15) is 0 Å². The number of carbonyl (C=O) groups is 4. The van der Waals surface area contributed by atoms with E-state index in [0.717, 1.165) is 76.1 Å². The summed E-state index contributed by atoms with van der Waals surface area (Å²) in [5, 5.41) is 6.38. The fourth-order valence-electron chi connectivity index (χ4n) is 7.98. The van der Waals surface area contributed by atoms with Gasteiger partial charge >= 0.3 is 12.2 Å². The Kier molecular flexibility index (Phi) is 11.8. The molecule has 0 radical (unpaired) electrons. The van der Waals surface area contributed by atoms with E-state index in [2.05, 4.69) is 48.8 Å². The van der Waals surface area contributed by atoms with Crippen LogP contribution in [-0.2, 0) is 19.1 Å². The number of ether oxygens (including phenoxy) is 2. The van der Waals surface area contributed by atoms with Crippen LogP contribution in [0.15, 0.2) is 67.1 Å². The Bertz CT molecular complexity index is 2280. The molecule has 0 bridgehead atoms. The van der Waals surface area contributed by atoms with Crippen LogP contribution in [0.4, 0.5) is 9.59 Å². The number of aromatic amines is 2. The van der Waals surface area contributed by atoms with Gasteiger partial charge < -0.3 is 39.9 Å². The smallest absolute Gasteiger partial charge is 0.407 e. The third kappa shape index (κ3) is 8.25. The minimum atomic E-state index is -0.696. The number of amides is 4. The first-order valence-electron chi connectivity index (χ1n) is 19.9. The first kappa shape index (κ1) is 40.0. The molecular formula is C43H51N9O6. The minimum absolute atomic E-state index is 0.108. The van der Waals surface area contributed by atoms with Gasteiger partial charge in [0.25, 0.3) is 0 Å². The zero-order valence-electron chi connectivity index (χ0n) is 33.7. The maximum Gasteiger partial charge on any atom is 0.407 e. The molecule has 0 unspecified atom stereocenters.